The van der Waals surface area contributed by atoms with Crippen molar-refractivity contribution in [2.75, 3.05) is 42.5 Å². The number of hydrogen-bond acceptors (Lipinski definition) is 9. The van der Waals surface area contributed by atoms with Gasteiger partial charge in [0.1, 0.15) is 12.4 Å². The first-order valence-corrected chi connectivity index (χ1v) is 11.0. The van der Waals surface area contributed by atoms with Gasteiger partial charge in [0.15, 0.2) is 0 Å². The summed E-state index contributed by atoms with van der Waals surface area (Å²) in [6, 6.07) is 11.5. The van der Waals surface area contributed by atoms with E-state index in [-0.39, 0.29) is 0 Å². The van der Waals surface area contributed by atoms with E-state index in [0.29, 0.717) is 30.9 Å². The number of hydrogen-bond donors (Lipinski definition) is 3. The Morgan fingerprint density at radius 3 is 2.62 bits per heavy atom. The monoisotopic (exact) mass is 450 g/mol. The minimum Gasteiger partial charge on any atom is -0.475 e. The van der Waals surface area contributed by atoms with Crippen molar-refractivity contribution in [3.05, 3.63) is 73.7 Å². The van der Waals surface area contributed by atoms with Crippen LogP contribution in [0.15, 0.2) is 78.6 Å². The summed E-state index contributed by atoms with van der Waals surface area (Å²) < 4.78 is 10.5. The van der Waals surface area contributed by atoms with Crippen LogP contribution in [0.25, 0.3) is 0 Å². The fourth-order valence-corrected chi connectivity index (χ4v) is 3.06. The summed E-state index contributed by atoms with van der Waals surface area (Å²) in [5, 5.41) is 9.72. The first-order chi connectivity index (χ1) is 15.6. The van der Waals surface area contributed by atoms with Gasteiger partial charge < -0.3 is 25.4 Å². The molecule has 0 fully saturated rings. The SMILES string of the molecule is C=CC(=C)Nc1cccc(Nc2nc(Nc3ccc(OCCOC)nc3)ncc2SC)c1. The normalized spacial score (nSPS) is 10.3. The molecule has 3 aromatic rings. The number of thioether (sulfide) groups is 1. The topological polar surface area (TPSA) is 93.2 Å². The largest absolute Gasteiger partial charge is 0.475 e. The van der Waals surface area contributed by atoms with E-state index < -0.39 is 0 Å². The van der Waals surface area contributed by atoms with Crippen LogP contribution in [0.5, 0.6) is 5.88 Å². The lowest BCUT2D eigenvalue weighted by molar-refractivity contribution is 0.144. The molecule has 8 nitrogen and oxygen atoms in total. The van der Waals surface area contributed by atoms with E-state index >= 15 is 0 Å². The molecule has 0 aliphatic heterocycles. The standard InChI is InChI=1S/C23H26N6O2S/c1-5-16(2)26-17-7-6-8-18(13-17)27-22-20(32-4)15-25-23(29-22)28-19-9-10-21(24-14-19)31-12-11-30-3/h5-10,13-15,26H,1-2,11-12H2,3-4H3,(H2,25,27,28,29). The summed E-state index contributed by atoms with van der Waals surface area (Å²) in [5.74, 6) is 1.68. The molecule has 1 aromatic carbocycles. The molecule has 0 unspecified atom stereocenters. The number of nitrogens with zero attached hydrogens (tertiary/aromatic N) is 3. The third-order valence-corrected chi connectivity index (χ3v) is 4.92. The molecule has 0 bridgehead atoms. The summed E-state index contributed by atoms with van der Waals surface area (Å²) in [6.45, 7) is 8.56. The Hall–Kier alpha value is -3.56. The zero-order chi connectivity index (χ0) is 22.8. The van der Waals surface area contributed by atoms with Crippen LogP contribution in [0.3, 0.4) is 0 Å². The second-order valence-electron chi connectivity index (χ2n) is 6.52. The van der Waals surface area contributed by atoms with Crippen LogP contribution in [-0.4, -0.2) is 41.5 Å². The zero-order valence-corrected chi connectivity index (χ0v) is 18.9. The van der Waals surface area contributed by atoms with Gasteiger partial charge >= 0.3 is 0 Å². The van der Waals surface area contributed by atoms with Crippen LogP contribution in [-0.2, 0) is 4.74 Å². The first kappa shape index (κ1) is 23.1. The fourth-order valence-electron chi connectivity index (χ4n) is 2.62. The molecule has 0 aliphatic carbocycles. The molecule has 0 saturated carbocycles. The number of pyridine rings is 1. The lowest BCUT2D eigenvalue weighted by Gasteiger charge is -2.13. The molecule has 0 radical (unpaired) electrons. The Balaban J connectivity index is 1.72. The van der Waals surface area contributed by atoms with Gasteiger partial charge in [-0.2, -0.15) is 4.98 Å². The van der Waals surface area contributed by atoms with Crippen LogP contribution in [0.2, 0.25) is 0 Å². The molecule has 0 amide bonds. The molecule has 2 aromatic heterocycles. The highest BCUT2D eigenvalue weighted by atomic mass is 32.2. The smallest absolute Gasteiger partial charge is 0.229 e. The van der Waals surface area contributed by atoms with Crippen molar-refractivity contribution < 1.29 is 9.47 Å². The van der Waals surface area contributed by atoms with E-state index in [1.165, 1.54) is 0 Å². The molecular formula is C23H26N6O2S. The molecule has 0 saturated heterocycles. The molecule has 9 heteroatoms. The minimum absolute atomic E-state index is 0.447. The lowest BCUT2D eigenvalue weighted by atomic mass is 10.2. The second-order valence-corrected chi connectivity index (χ2v) is 7.37. The highest BCUT2D eigenvalue weighted by molar-refractivity contribution is 7.98. The fraction of sp³-hybridized carbons (Fsp3) is 0.174. The highest BCUT2D eigenvalue weighted by Crippen LogP contribution is 2.28. The van der Waals surface area contributed by atoms with Gasteiger partial charge in [-0.1, -0.05) is 19.2 Å². The van der Waals surface area contributed by atoms with Crippen LogP contribution >= 0.6 is 11.8 Å². The van der Waals surface area contributed by atoms with Gasteiger partial charge in [-0.3, -0.25) is 0 Å². The van der Waals surface area contributed by atoms with Crippen molar-refractivity contribution in [1.29, 1.82) is 0 Å². The van der Waals surface area contributed by atoms with Crippen molar-refractivity contribution in [1.82, 2.24) is 15.0 Å². The molecule has 0 spiro atoms. The molecule has 166 valence electrons. The first-order valence-electron chi connectivity index (χ1n) is 9.82. The lowest BCUT2D eigenvalue weighted by Crippen LogP contribution is -2.06. The van der Waals surface area contributed by atoms with Gasteiger partial charge in [-0.25, -0.2) is 9.97 Å². The van der Waals surface area contributed by atoms with Crippen molar-refractivity contribution in [2.45, 2.75) is 4.90 Å². The number of methoxy groups -OCH3 is 1. The highest BCUT2D eigenvalue weighted by Gasteiger charge is 2.09. The third-order valence-electron chi connectivity index (χ3n) is 4.18. The molecule has 32 heavy (non-hydrogen) atoms. The summed E-state index contributed by atoms with van der Waals surface area (Å²) in [7, 11) is 1.63. The number of aromatic nitrogens is 3. The van der Waals surface area contributed by atoms with Gasteiger partial charge in [-0.15, -0.1) is 11.8 Å². The summed E-state index contributed by atoms with van der Waals surface area (Å²) >= 11 is 1.56. The van der Waals surface area contributed by atoms with Gasteiger partial charge in [0.05, 0.1) is 23.4 Å². The van der Waals surface area contributed by atoms with Crippen LogP contribution in [0, 0.1) is 0 Å². The molecule has 3 N–H and O–H groups in total. The van der Waals surface area contributed by atoms with Gasteiger partial charge in [0.25, 0.3) is 0 Å². The van der Waals surface area contributed by atoms with Gasteiger partial charge in [0.2, 0.25) is 11.8 Å². The van der Waals surface area contributed by atoms with E-state index in [0.717, 1.165) is 27.7 Å². The quantitative estimate of drug-likeness (QED) is 0.195. The average Bonchev–Trinajstić information content (AvgIpc) is 2.81. The Morgan fingerprint density at radius 1 is 1.06 bits per heavy atom. The Kier molecular flexibility index (Phi) is 8.47. The summed E-state index contributed by atoms with van der Waals surface area (Å²) in [6.07, 6.45) is 7.10. The summed E-state index contributed by atoms with van der Waals surface area (Å²) in [4.78, 5) is 14.2. The van der Waals surface area contributed by atoms with Crippen molar-refractivity contribution in [2.24, 2.45) is 0 Å². The number of nitrogens with one attached hydrogen (secondary N) is 3. The summed E-state index contributed by atoms with van der Waals surface area (Å²) in [5.41, 5.74) is 3.26. The number of benzene rings is 1. The zero-order valence-electron chi connectivity index (χ0n) is 18.1. The molecule has 0 aliphatic rings. The maximum absolute atomic E-state index is 5.48. The maximum Gasteiger partial charge on any atom is 0.229 e. The number of rotatable bonds is 12. The molecular weight excluding hydrogens is 424 g/mol. The predicted molar refractivity (Wildman–Crippen MR) is 131 cm³/mol. The van der Waals surface area contributed by atoms with Crippen LogP contribution in [0.1, 0.15) is 0 Å². The van der Waals surface area contributed by atoms with E-state index in [1.807, 2.05) is 36.6 Å². The maximum atomic E-state index is 5.48. The van der Waals surface area contributed by atoms with Gasteiger partial charge in [-0.05, 0) is 36.6 Å². The third kappa shape index (κ3) is 6.73. The number of anilines is 5. The van der Waals surface area contributed by atoms with Crippen LogP contribution in [0.4, 0.5) is 28.8 Å². The minimum atomic E-state index is 0.447. The van der Waals surface area contributed by atoms with Crippen molar-refractivity contribution in [3.63, 3.8) is 0 Å². The van der Waals surface area contributed by atoms with Crippen LogP contribution < -0.4 is 20.7 Å². The Morgan fingerprint density at radius 2 is 1.91 bits per heavy atom. The number of allylic oxidation sites excluding steroid dienone is 1. The van der Waals surface area contributed by atoms with E-state index in [1.54, 1.807) is 43.4 Å². The second kappa shape index (κ2) is 11.7. The van der Waals surface area contributed by atoms with E-state index in [9.17, 15) is 0 Å². The molecule has 3 rings (SSSR count). The van der Waals surface area contributed by atoms with E-state index in [4.69, 9.17) is 9.47 Å². The average molecular weight is 451 g/mol. The predicted octanol–water partition coefficient (Wildman–Crippen LogP) is 5.22. The van der Waals surface area contributed by atoms with E-state index in [2.05, 4.69) is 44.1 Å². The van der Waals surface area contributed by atoms with Crippen molar-refractivity contribution >= 4 is 40.6 Å². The number of ether oxygens (including phenoxy) is 2. The van der Waals surface area contributed by atoms with Crippen molar-refractivity contribution in [3.8, 4) is 5.88 Å². The molecule has 2 heterocycles. The molecule has 0 atom stereocenters. The Labute approximate surface area is 192 Å². The van der Waals surface area contributed by atoms with Gasteiger partial charge in [0, 0.05) is 36.4 Å². The Bertz CT molecular complexity index is 1060.